The number of benzene rings is 2. The smallest absolute Gasteiger partial charge is 0.253 e. The van der Waals surface area contributed by atoms with E-state index in [1.807, 2.05) is 6.92 Å². The number of nitrogens with zero attached hydrogens (tertiary/aromatic N) is 2. The van der Waals surface area contributed by atoms with Gasteiger partial charge in [-0.2, -0.15) is 4.31 Å². The Balaban J connectivity index is 1.58. The number of rotatable bonds is 8. The van der Waals surface area contributed by atoms with Crippen molar-refractivity contribution in [1.29, 1.82) is 0 Å². The molecule has 1 heterocycles. The molecule has 0 spiro atoms. The van der Waals surface area contributed by atoms with Crippen LogP contribution in [0.3, 0.4) is 0 Å². The molecule has 3 rings (SSSR count). The van der Waals surface area contributed by atoms with Crippen molar-refractivity contribution in [2.75, 3.05) is 46.0 Å². The van der Waals surface area contributed by atoms with Gasteiger partial charge in [-0.1, -0.05) is 17.7 Å². The molecule has 0 aromatic heterocycles. The Morgan fingerprint density at radius 1 is 1.03 bits per heavy atom. The molecular weight excluding hydrogens is 428 g/mol. The van der Waals surface area contributed by atoms with E-state index in [4.69, 9.17) is 21.1 Å². The number of halogens is 1. The monoisotopic (exact) mass is 452 g/mol. The minimum absolute atomic E-state index is 0.150. The van der Waals surface area contributed by atoms with Gasteiger partial charge in [-0.3, -0.25) is 4.79 Å². The molecule has 0 saturated carbocycles. The van der Waals surface area contributed by atoms with Gasteiger partial charge in [-0.05, 0) is 49.4 Å². The number of hydrogen-bond acceptors (Lipinski definition) is 5. The first-order valence-electron chi connectivity index (χ1n) is 9.77. The van der Waals surface area contributed by atoms with Crippen molar-refractivity contribution in [3.63, 3.8) is 0 Å². The van der Waals surface area contributed by atoms with Gasteiger partial charge in [0.25, 0.3) is 5.91 Å². The van der Waals surface area contributed by atoms with E-state index in [1.54, 1.807) is 41.3 Å². The summed E-state index contributed by atoms with van der Waals surface area (Å²) in [5.41, 5.74) is 0.499. The van der Waals surface area contributed by atoms with Crippen molar-refractivity contribution in [3.8, 4) is 5.75 Å². The zero-order chi connectivity index (χ0) is 21.6. The molecule has 0 aliphatic carbocycles. The molecule has 7 nitrogen and oxygen atoms in total. The number of carbonyl (C=O) groups excluding carboxylic acids is 1. The van der Waals surface area contributed by atoms with E-state index >= 15 is 0 Å². The fourth-order valence-electron chi connectivity index (χ4n) is 3.16. The van der Waals surface area contributed by atoms with Crippen molar-refractivity contribution < 1.29 is 22.7 Å². The van der Waals surface area contributed by atoms with E-state index in [9.17, 15) is 13.2 Å². The van der Waals surface area contributed by atoms with Crippen LogP contribution in [-0.2, 0) is 14.8 Å². The first kappa shape index (κ1) is 22.6. The summed E-state index contributed by atoms with van der Waals surface area (Å²) in [5.74, 6) is 0.439. The average molecular weight is 453 g/mol. The van der Waals surface area contributed by atoms with Gasteiger partial charge in [0, 0.05) is 43.4 Å². The Bertz CT molecular complexity index is 958. The van der Waals surface area contributed by atoms with Gasteiger partial charge in [0.05, 0.1) is 11.5 Å². The lowest BCUT2D eigenvalue weighted by molar-refractivity contribution is 0.0698. The molecule has 162 valence electrons. The van der Waals surface area contributed by atoms with Gasteiger partial charge in [-0.25, -0.2) is 8.42 Å². The predicted molar refractivity (Wildman–Crippen MR) is 115 cm³/mol. The van der Waals surface area contributed by atoms with Gasteiger partial charge < -0.3 is 14.4 Å². The van der Waals surface area contributed by atoms with Gasteiger partial charge in [-0.15, -0.1) is 0 Å². The van der Waals surface area contributed by atoms with Crippen LogP contribution in [0.2, 0.25) is 5.02 Å². The molecule has 0 unspecified atom stereocenters. The van der Waals surface area contributed by atoms with E-state index in [0.717, 1.165) is 0 Å². The summed E-state index contributed by atoms with van der Waals surface area (Å²) in [6.07, 6.45) is 0. The number of hydrogen-bond donors (Lipinski definition) is 0. The molecule has 1 saturated heterocycles. The second kappa shape index (κ2) is 10.3. The Kier molecular flexibility index (Phi) is 7.71. The van der Waals surface area contributed by atoms with Crippen molar-refractivity contribution in [3.05, 3.63) is 59.1 Å². The largest absolute Gasteiger partial charge is 0.491 e. The molecule has 1 aliphatic rings. The van der Waals surface area contributed by atoms with Crippen LogP contribution in [0.5, 0.6) is 5.75 Å². The molecule has 1 amide bonds. The van der Waals surface area contributed by atoms with Gasteiger partial charge >= 0.3 is 0 Å². The van der Waals surface area contributed by atoms with Crippen LogP contribution >= 0.6 is 11.6 Å². The molecule has 9 heteroatoms. The lowest BCUT2D eigenvalue weighted by Crippen LogP contribution is -2.50. The predicted octanol–water partition coefficient (Wildman–Crippen LogP) is 2.90. The summed E-state index contributed by atoms with van der Waals surface area (Å²) in [5, 5.41) is 0.493. The molecular formula is C21H25ClN2O5S. The Hall–Kier alpha value is -2.13. The fourth-order valence-corrected chi connectivity index (χ4v) is 4.77. The Morgan fingerprint density at radius 3 is 2.37 bits per heavy atom. The lowest BCUT2D eigenvalue weighted by Gasteiger charge is -2.34. The van der Waals surface area contributed by atoms with Crippen LogP contribution < -0.4 is 4.74 Å². The molecule has 0 radical (unpaired) electrons. The van der Waals surface area contributed by atoms with Crippen LogP contribution in [0.4, 0.5) is 0 Å². The fraction of sp³-hybridized carbons (Fsp3) is 0.381. The normalized spacial score (nSPS) is 15.2. The minimum atomic E-state index is -3.63. The standard InChI is InChI=1S/C21H25ClN2O5S/c1-2-28-14-15-29-19-6-8-20(9-7-19)30(26,27)24-12-10-23(11-13-24)21(25)17-4-3-5-18(22)16-17/h3-9,16H,2,10-15H2,1H3. The van der Waals surface area contributed by atoms with E-state index in [2.05, 4.69) is 0 Å². The lowest BCUT2D eigenvalue weighted by atomic mass is 10.2. The molecule has 1 fully saturated rings. The van der Waals surface area contributed by atoms with E-state index in [0.29, 0.717) is 49.2 Å². The SMILES string of the molecule is CCOCCOc1ccc(S(=O)(=O)N2CCN(C(=O)c3cccc(Cl)c3)CC2)cc1. The molecule has 0 N–H and O–H groups in total. The zero-order valence-electron chi connectivity index (χ0n) is 16.8. The van der Waals surface area contributed by atoms with Crippen LogP contribution in [0.15, 0.2) is 53.4 Å². The number of carbonyl (C=O) groups is 1. The maximum absolute atomic E-state index is 12.9. The summed E-state index contributed by atoms with van der Waals surface area (Å²) in [6.45, 7) is 4.54. The van der Waals surface area contributed by atoms with Crippen molar-refractivity contribution in [2.24, 2.45) is 0 Å². The molecule has 2 aromatic rings. The maximum Gasteiger partial charge on any atom is 0.253 e. The van der Waals surface area contributed by atoms with E-state index in [-0.39, 0.29) is 23.9 Å². The van der Waals surface area contributed by atoms with E-state index < -0.39 is 10.0 Å². The van der Waals surface area contributed by atoms with Gasteiger partial charge in [0.15, 0.2) is 0 Å². The molecule has 0 bridgehead atoms. The summed E-state index contributed by atoms with van der Waals surface area (Å²) >= 11 is 5.96. The maximum atomic E-state index is 12.9. The molecule has 0 atom stereocenters. The second-order valence-electron chi connectivity index (χ2n) is 6.72. The molecule has 2 aromatic carbocycles. The van der Waals surface area contributed by atoms with Gasteiger partial charge in [0.2, 0.25) is 10.0 Å². The third-order valence-corrected chi connectivity index (χ3v) is 6.91. The number of amides is 1. The topological polar surface area (TPSA) is 76.2 Å². The number of ether oxygens (including phenoxy) is 2. The highest BCUT2D eigenvalue weighted by Gasteiger charge is 2.30. The van der Waals surface area contributed by atoms with Crippen LogP contribution in [0.1, 0.15) is 17.3 Å². The summed E-state index contributed by atoms with van der Waals surface area (Å²) in [4.78, 5) is 14.5. The summed E-state index contributed by atoms with van der Waals surface area (Å²) in [6, 6.07) is 13.1. The quantitative estimate of drug-likeness (QED) is 0.575. The van der Waals surface area contributed by atoms with Crippen LogP contribution in [-0.4, -0.2) is 69.5 Å². The molecule has 1 aliphatic heterocycles. The van der Waals surface area contributed by atoms with Crippen molar-refractivity contribution >= 4 is 27.5 Å². The van der Waals surface area contributed by atoms with Gasteiger partial charge in [0.1, 0.15) is 12.4 Å². The van der Waals surface area contributed by atoms with Crippen molar-refractivity contribution in [1.82, 2.24) is 9.21 Å². The average Bonchev–Trinajstić information content (AvgIpc) is 2.76. The third kappa shape index (κ3) is 5.51. The highest BCUT2D eigenvalue weighted by molar-refractivity contribution is 7.89. The zero-order valence-corrected chi connectivity index (χ0v) is 18.4. The summed E-state index contributed by atoms with van der Waals surface area (Å²) < 4.78 is 38.0. The minimum Gasteiger partial charge on any atom is -0.491 e. The summed E-state index contributed by atoms with van der Waals surface area (Å²) in [7, 11) is -3.63. The van der Waals surface area contributed by atoms with E-state index in [1.165, 1.54) is 16.4 Å². The number of sulfonamides is 1. The Labute approximate surface area is 182 Å². The molecule has 30 heavy (non-hydrogen) atoms. The van der Waals surface area contributed by atoms with Crippen LogP contribution in [0.25, 0.3) is 0 Å². The van der Waals surface area contributed by atoms with Crippen molar-refractivity contribution in [2.45, 2.75) is 11.8 Å². The Morgan fingerprint density at radius 2 is 1.73 bits per heavy atom. The highest BCUT2D eigenvalue weighted by atomic mass is 35.5. The number of piperazine rings is 1. The highest BCUT2D eigenvalue weighted by Crippen LogP contribution is 2.22. The van der Waals surface area contributed by atoms with Crippen LogP contribution in [0, 0.1) is 0 Å². The second-order valence-corrected chi connectivity index (χ2v) is 9.10. The first-order valence-corrected chi connectivity index (χ1v) is 11.6. The third-order valence-electron chi connectivity index (χ3n) is 4.76. The first-order chi connectivity index (χ1) is 14.4.